The molecule has 0 atom stereocenters. The highest BCUT2D eigenvalue weighted by molar-refractivity contribution is 6.62. The SMILES string of the molecule is CC1(C)OB(c2ccccc2COC2CCC2)OC1(C)C. The van der Waals surface area contributed by atoms with Crippen LogP contribution < -0.4 is 5.46 Å². The van der Waals surface area contributed by atoms with Gasteiger partial charge in [-0.05, 0) is 58.0 Å². The number of hydrogen-bond donors (Lipinski definition) is 0. The Balaban J connectivity index is 1.76. The molecule has 21 heavy (non-hydrogen) atoms. The van der Waals surface area contributed by atoms with Crippen LogP contribution in [-0.2, 0) is 20.7 Å². The summed E-state index contributed by atoms with van der Waals surface area (Å²) in [6.45, 7) is 8.98. The van der Waals surface area contributed by atoms with Crippen LogP contribution in [0.1, 0.15) is 52.5 Å². The quantitative estimate of drug-likeness (QED) is 0.797. The first-order chi connectivity index (χ1) is 9.89. The summed E-state index contributed by atoms with van der Waals surface area (Å²) in [6, 6.07) is 8.28. The molecule has 0 amide bonds. The van der Waals surface area contributed by atoms with Crippen LogP contribution in [0, 0.1) is 0 Å². The van der Waals surface area contributed by atoms with Crippen LogP contribution in [0.2, 0.25) is 0 Å². The largest absolute Gasteiger partial charge is 0.495 e. The first kappa shape index (κ1) is 15.1. The molecular weight excluding hydrogens is 263 g/mol. The van der Waals surface area contributed by atoms with Gasteiger partial charge in [0.25, 0.3) is 0 Å². The second-order valence-corrected chi connectivity index (χ2v) is 7.15. The molecule has 1 aromatic carbocycles. The van der Waals surface area contributed by atoms with Crippen molar-refractivity contribution in [3.05, 3.63) is 29.8 Å². The molecule has 1 saturated carbocycles. The Morgan fingerprint density at radius 3 is 2.29 bits per heavy atom. The fourth-order valence-corrected chi connectivity index (χ4v) is 2.61. The van der Waals surface area contributed by atoms with Gasteiger partial charge in [0, 0.05) is 0 Å². The summed E-state index contributed by atoms with van der Waals surface area (Å²) in [5, 5.41) is 0. The lowest BCUT2D eigenvalue weighted by molar-refractivity contribution is -0.00842. The first-order valence-corrected chi connectivity index (χ1v) is 7.94. The molecule has 1 heterocycles. The van der Waals surface area contributed by atoms with Crippen molar-refractivity contribution in [3.8, 4) is 0 Å². The summed E-state index contributed by atoms with van der Waals surface area (Å²) in [4.78, 5) is 0. The van der Waals surface area contributed by atoms with Gasteiger partial charge < -0.3 is 14.0 Å². The third-order valence-electron chi connectivity index (χ3n) is 5.09. The molecule has 0 spiro atoms. The topological polar surface area (TPSA) is 27.7 Å². The standard InChI is InChI=1S/C17H25BO3/c1-16(2)17(3,4)21-18(20-16)15-11-6-5-8-13(15)12-19-14-9-7-10-14/h5-6,8,11,14H,7,9-10,12H2,1-4H3. The van der Waals surface area contributed by atoms with Crippen LogP contribution in [-0.4, -0.2) is 24.4 Å². The van der Waals surface area contributed by atoms with E-state index in [1.165, 1.54) is 24.8 Å². The van der Waals surface area contributed by atoms with Crippen molar-refractivity contribution < 1.29 is 14.0 Å². The molecule has 3 nitrogen and oxygen atoms in total. The fraction of sp³-hybridized carbons (Fsp3) is 0.647. The molecule has 3 rings (SSSR count). The molecule has 1 aliphatic heterocycles. The summed E-state index contributed by atoms with van der Waals surface area (Å²) >= 11 is 0. The van der Waals surface area contributed by atoms with E-state index in [9.17, 15) is 0 Å². The van der Waals surface area contributed by atoms with Crippen molar-refractivity contribution in [1.29, 1.82) is 0 Å². The minimum absolute atomic E-state index is 0.306. The summed E-state index contributed by atoms with van der Waals surface area (Å²) in [5.41, 5.74) is 1.65. The minimum atomic E-state index is -0.309. The highest BCUT2D eigenvalue weighted by Gasteiger charge is 2.52. The van der Waals surface area contributed by atoms with Gasteiger partial charge in [0.05, 0.1) is 23.9 Å². The van der Waals surface area contributed by atoms with Crippen LogP contribution in [0.4, 0.5) is 0 Å². The number of hydrogen-bond acceptors (Lipinski definition) is 3. The van der Waals surface area contributed by atoms with E-state index in [2.05, 4.69) is 39.8 Å². The van der Waals surface area contributed by atoms with Gasteiger partial charge in [0.1, 0.15) is 0 Å². The second-order valence-electron chi connectivity index (χ2n) is 7.15. The van der Waals surface area contributed by atoms with Gasteiger partial charge in [-0.3, -0.25) is 0 Å². The lowest BCUT2D eigenvalue weighted by atomic mass is 9.76. The van der Waals surface area contributed by atoms with Gasteiger partial charge >= 0.3 is 7.12 Å². The van der Waals surface area contributed by atoms with E-state index < -0.39 is 0 Å². The van der Waals surface area contributed by atoms with Gasteiger partial charge in [0.15, 0.2) is 0 Å². The van der Waals surface area contributed by atoms with Crippen molar-refractivity contribution >= 4 is 12.6 Å². The molecule has 4 heteroatoms. The molecule has 0 radical (unpaired) electrons. The lowest BCUT2D eigenvalue weighted by Crippen LogP contribution is -2.41. The Morgan fingerprint density at radius 1 is 1.10 bits per heavy atom. The Morgan fingerprint density at radius 2 is 1.71 bits per heavy atom. The van der Waals surface area contributed by atoms with Gasteiger partial charge in [-0.25, -0.2) is 0 Å². The highest BCUT2D eigenvalue weighted by Crippen LogP contribution is 2.36. The molecule has 2 aliphatic rings. The Hall–Kier alpha value is -0.835. The summed E-state index contributed by atoms with van der Waals surface area (Å²) in [7, 11) is -0.309. The van der Waals surface area contributed by atoms with Crippen LogP contribution >= 0.6 is 0 Å². The molecular formula is C17H25BO3. The van der Waals surface area contributed by atoms with Crippen LogP contribution in [0.15, 0.2) is 24.3 Å². The second kappa shape index (κ2) is 5.42. The zero-order valence-electron chi connectivity index (χ0n) is 13.5. The van der Waals surface area contributed by atoms with Gasteiger partial charge in [-0.2, -0.15) is 0 Å². The zero-order chi connectivity index (χ0) is 15.1. The van der Waals surface area contributed by atoms with E-state index in [0.717, 1.165) is 5.46 Å². The molecule has 2 fully saturated rings. The lowest BCUT2D eigenvalue weighted by Gasteiger charge is -2.32. The van der Waals surface area contributed by atoms with Crippen LogP contribution in [0.5, 0.6) is 0 Å². The predicted molar refractivity (Wildman–Crippen MR) is 84.6 cm³/mol. The summed E-state index contributed by atoms with van der Waals surface area (Å²) in [6.07, 6.45) is 4.12. The molecule has 1 saturated heterocycles. The molecule has 114 valence electrons. The van der Waals surface area contributed by atoms with Crippen molar-refractivity contribution in [3.63, 3.8) is 0 Å². The molecule has 0 bridgehead atoms. The third-order valence-corrected chi connectivity index (χ3v) is 5.09. The van der Waals surface area contributed by atoms with E-state index in [1.54, 1.807) is 0 Å². The van der Waals surface area contributed by atoms with Crippen molar-refractivity contribution in [2.24, 2.45) is 0 Å². The molecule has 0 N–H and O–H groups in total. The molecule has 0 unspecified atom stereocenters. The average molecular weight is 288 g/mol. The van der Waals surface area contributed by atoms with E-state index in [0.29, 0.717) is 12.7 Å². The van der Waals surface area contributed by atoms with Gasteiger partial charge in [0.2, 0.25) is 0 Å². The third kappa shape index (κ3) is 2.89. The van der Waals surface area contributed by atoms with Crippen molar-refractivity contribution in [2.75, 3.05) is 0 Å². The number of ether oxygens (including phenoxy) is 1. The minimum Gasteiger partial charge on any atom is -0.399 e. The monoisotopic (exact) mass is 288 g/mol. The van der Waals surface area contributed by atoms with Crippen LogP contribution in [0.3, 0.4) is 0 Å². The maximum Gasteiger partial charge on any atom is 0.495 e. The van der Waals surface area contributed by atoms with E-state index in [1.807, 2.05) is 12.1 Å². The normalized spacial score (nSPS) is 24.1. The number of rotatable bonds is 4. The van der Waals surface area contributed by atoms with Gasteiger partial charge in [-0.1, -0.05) is 24.3 Å². The van der Waals surface area contributed by atoms with Crippen LogP contribution in [0.25, 0.3) is 0 Å². The van der Waals surface area contributed by atoms with Crippen molar-refractivity contribution in [1.82, 2.24) is 0 Å². The first-order valence-electron chi connectivity index (χ1n) is 7.94. The van der Waals surface area contributed by atoms with E-state index in [-0.39, 0.29) is 18.3 Å². The Labute approximate surface area is 128 Å². The maximum atomic E-state index is 6.16. The van der Waals surface area contributed by atoms with Gasteiger partial charge in [-0.15, -0.1) is 0 Å². The molecule has 1 aliphatic carbocycles. The maximum absolute atomic E-state index is 6.16. The summed E-state index contributed by atoms with van der Waals surface area (Å²) < 4.78 is 18.3. The van der Waals surface area contributed by atoms with Crippen molar-refractivity contribution in [2.45, 2.75) is 70.9 Å². The van der Waals surface area contributed by atoms with E-state index in [4.69, 9.17) is 14.0 Å². The smallest absolute Gasteiger partial charge is 0.399 e. The predicted octanol–water partition coefficient (Wildman–Crippen LogP) is 3.05. The molecule has 0 aromatic heterocycles. The highest BCUT2D eigenvalue weighted by atomic mass is 16.7. The average Bonchev–Trinajstić information content (AvgIpc) is 2.57. The Bertz CT molecular complexity index is 493. The molecule has 1 aromatic rings. The fourth-order valence-electron chi connectivity index (χ4n) is 2.61. The zero-order valence-corrected chi connectivity index (χ0v) is 13.5. The number of benzene rings is 1. The van der Waals surface area contributed by atoms with E-state index >= 15 is 0 Å². The Kier molecular flexibility index (Phi) is 3.89. The summed E-state index contributed by atoms with van der Waals surface area (Å²) in [5.74, 6) is 0.